The van der Waals surface area contributed by atoms with Crippen LogP contribution in [0.15, 0.2) is 21.8 Å². The Morgan fingerprint density at radius 1 is 1.40 bits per heavy atom. The summed E-state index contributed by atoms with van der Waals surface area (Å²) in [7, 11) is 1.38. The van der Waals surface area contributed by atoms with E-state index in [2.05, 4.69) is 10.3 Å². The van der Waals surface area contributed by atoms with Crippen LogP contribution in [0.3, 0.4) is 0 Å². The van der Waals surface area contributed by atoms with E-state index in [1.807, 2.05) is 12.3 Å². The van der Waals surface area contributed by atoms with Gasteiger partial charge in [0.05, 0.1) is 12.1 Å². The molecule has 0 bridgehead atoms. The molecule has 3 N–H and O–H groups in total. The normalized spacial score (nSPS) is 10.6. The van der Waals surface area contributed by atoms with Crippen molar-refractivity contribution in [3.63, 3.8) is 0 Å². The fourth-order valence-corrected chi connectivity index (χ4v) is 3.42. The van der Waals surface area contributed by atoms with E-state index in [-0.39, 0.29) is 34.2 Å². The highest BCUT2D eigenvalue weighted by Gasteiger charge is 2.19. The van der Waals surface area contributed by atoms with Crippen molar-refractivity contribution in [2.75, 3.05) is 13.4 Å². The van der Waals surface area contributed by atoms with Crippen molar-refractivity contribution in [2.24, 2.45) is 0 Å². The lowest BCUT2D eigenvalue weighted by Gasteiger charge is -2.14. The molecule has 134 valence electrons. The lowest BCUT2D eigenvalue weighted by Crippen LogP contribution is -2.28. The maximum absolute atomic E-state index is 12.5. The molecule has 0 aliphatic carbocycles. The van der Waals surface area contributed by atoms with Crippen molar-refractivity contribution in [3.8, 4) is 11.5 Å². The standard InChI is InChI=1S/C17H19ClN2O4S/c1-8-5-13(25-4)11(17(23)20-8)7-19-16(22)10-6-12(18)15(24-3)14(21)9(10)2/h5-6,21H,7H2,1-4H3,(H,19,22)(H,20,23). The van der Waals surface area contributed by atoms with Crippen molar-refractivity contribution in [3.05, 3.63) is 49.9 Å². The largest absolute Gasteiger partial charge is 0.504 e. The molecule has 1 aromatic carbocycles. The molecule has 1 amide bonds. The predicted molar refractivity (Wildman–Crippen MR) is 99.2 cm³/mol. The summed E-state index contributed by atoms with van der Waals surface area (Å²) < 4.78 is 5.02. The number of carbonyl (C=O) groups excluding carboxylic acids is 1. The summed E-state index contributed by atoms with van der Waals surface area (Å²) in [6, 6.07) is 3.29. The minimum absolute atomic E-state index is 0.0640. The number of phenolic OH excluding ortho intramolecular Hbond substituents is 1. The predicted octanol–water partition coefficient (Wildman–Crippen LogP) is 3.01. The highest BCUT2D eigenvalue weighted by Crippen LogP contribution is 2.38. The number of ether oxygens (including phenoxy) is 1. The maximum atomic E-state index is 12.5. The number of benzene rings is 1. The second-order valence-corrected chi connectivity index (χ2v) is 6.68. The van der Waals surface area contributed by atoms with Crippen LogP contribution >= 0.6 is 23.4 Å². The zero-order valence-electron chi connectivity index (χ0n) is 14.3. The Labute approximate surface area is 154 Å². The highest BCUT2D eigenvalue weighted by atomic mass is 35.5. The third kappa shape index (κ3) is 3.93. The molecule has 0 spiro atoms. The van der Waals surface area contributed by atoms with Gasteiger partial charge in [-0.3, -0.25) is 9.59 Å². The molecule has 2 aromatic rings. The first-order valence-electron chi connectivity index (χ1n) is 7.41. The van der Waals surface area contributed by atoms with Gasteiger partial charge in [0.25, 0.3) is 11.5 Å². The van der Waals surface area contributed by atoms with E-state index in [4.69, 9.17) is 16.3 Å². The second kappa shape index (κ2) is 7.84. The molecule has 0 saturated carbocycles. The Morgan fingerprint density at radius 3 is 2.68 bits per heavy atom. The maximum Gasteiger partial charge on any atom is 0.254 e. The lowest BCUT2D eigenvalue weighted by atomic mass is 10.1. The van der Waals surface area contributed by atoms with Gasteiger partial charge >= 0.3 is 0 Å². The number of pyridine rings is 1. The van der Waals surface area contributed by atoms with Gasteiger partial charge in [0.1, 0.15) is 0 Å². The monoisotopic (exact) mass is 382 g/mol. The summed E-state index contributed by atoms with van der Waals surface area (Å²) in [4.78, 5) is 28.1. The van der Waals surface area contributed by atoms with Crippen molar-refractivity contribution in [2.45, 2.75) is 25.3 Å². The molecule has 1 heterocycles. The highest BCUT2D eigenvalue weighted by molar-refractivity contribution is 7.98. The molecule has 0 radical (unpaired) electrons. The molecular weight excluding hydrogens is 364 g/mol. The number of hydrogen-bond donors (Lipinski definition) is 3. The van der Waals surface area contributed by atoms with Crippen LogP contribution in [0.1, 0.15) is 27.2 Å². The SMILES string of the molecule is COc1c(Cl)cc(C(=O)NCc2c(SC)cc(C)[nH]c2=O)c(C)c1O. The summed E-state index contributed by atoms with van der Waals surface area (Å²) in [5, 5.41) is 12.9. The Kier molecular flexibility index (Phi) is 6.02. The van der Waals surface area contributed by atoms with E-state index in [0.717, 1.165) is 10.6 Å². The number of phenols is 1. The average molecular weight is 383 g/mol. The van der Waals surface area contributed by atoms with Gasteiger partial charge in [-0.2, -0.15) is 0 Å². The summed E-state index contributed by atoms with van der Waals surface area (Å²) in [6.45, 7) is 3.46. The number of methoxy groups -OCH3 is 1. The molecule has 2 rings (SSSR count). The number of thioether (sulfide) groups is 1. The third-order valence-electron chi connectivity index (χ3n) is 3.79. The second-order valence-electron chi connectivity index (χ2n) is 5.42. The number of rotatable bonds is 5. The van der Waals surface area contributed by atoms with Crippen molar-refractivity contribution in [1.82, 2.24) is 10.3 Å². The van der Waals surface area contributed by atoms with Crippen molar-refractivity contribution in [1.29, 1.82) is 0 Å². The summed E-state index contributed by atoms with van der Waals surface area (Å²) in [6.07, 6.45) is 1.87. The first kappa shape index (κ1) is 19.2. The Morgan fingerprint density at radius 2 is 2.08 bits per heavy atom. The number of aryl methyl sites for hydroxylation is 1. The van der Waals surface area contributed by atoms with Crippen LogP contribution in [0.4, 0.5) is 0 Å². The van der Waals surface area contributed by atoms with Crippen LogP contribution in [0.25, 0.3) is 0 Å². The number of nitrogens with one attached hydrogen (secondary N) is 2. The van der Waals surface area contributed by atoms with E-state index >= 15 is 0 Å². The Balaban J connectivity index is 2.29. The zero-order valence-corrected chi connectivity index (χ0v) is 15.9. The van der Waals surface area contributed by atoms with Crippen LogP contribution in [-0.2, 0) is 6.54 Å². The molecule has 0 saturated heterocycles. The zero-order chi connectivity index (χ0) is 18.7. The van der Waals surface area contributed by atoms with E-state index in [0.29, 0.717) is 11.1 Å². The van der Waals surface area contributed by atoms with Crippen LogP contribution in [0, 0.1) is 13.8 Å². The summed E-state index contributed by atoms with van der Waals surface area (Å²) in [5.74, 6) is -0.502. The molecule has 0 fully saturated rings. The van der Waals surface area contributed by atoms with Gasteiger partial charge in [-0.05, 0) is 32.2 Å². The molecule has 6 nitrogen and oxygen atoms in total. The van der Waals surface area contributed by atoms with Gasteiger partial charge in [-0.25, -0.2) is 0 Å². The number of aromatic hydroxyl groups is 1. The minimum atomic E-state index is -0.440. The van der Waals surface area contributed by atoms with E-state index in [1.54, 1.807) is 13.8 Å². The average Bonchev–Trinajstić information content (AvgIpc) is 2.56. The van der Waals surface area contributed by atoms with E-state index in [1.165, 1.54) is 24.9 Å². The van der Waals surface area contributed by atoms with Crippen LogP contribution in [0.2, 0.25) is 5.02 Å². The van der Waals surface area contributed by atoms with Crippen molar-refractivity contribution >= 4 is 29.3 Å². The minimum Gasteiger partial charge on any atom is -0.504 e. The van der Waals surface area contributed by atoms with Crippen LogP contribution < -0.4 is 15.6 Å². The molecule has 0 aliphatic heterocycles. The molecule has 25 heavy (non-hydrogen) atoms. The Bertz CT molecular complexity index is 880. The molecule has 8 heteroatoms. The molecule has 1 aromatic heterocycles. The molecule has 0 unspecified atom stereocenters. The van der Waals surface area contributed by atoms with Crippen LogP contribution in [0.5, 0.6) is 11.5 Å². The summed E-state index contributed by atoms with van der Waals surface area (Å²) in [5.41, 5.74) is 1.57. The first-order chi connectivity index (χ1) is 11.8. The lowest BCUT2D eigenvalue weighted by molar-refractivity contribution is 0.0949. The van der Waals surface area contributed by atoms with Gasteiger partial charge in [0, 0.05) is 33.8 Å². The summed E-state index contributed by atoms with van der Waals surface area (Å²) >= 11 is 7.47. The van der Waals surface area contributed by atoms with Gasteiger partial charge < -0.3 is 20.1 Å². The van der Waals surface area contributed by atoms with E-state index < -0.39 is 5.91 Å². The van der Waals surface area contributed by atoms with Gasteiger partial charge in [-0.1, -0.05) is 11.6 Å². The van der Waals surface area contributed by atoms with E-state index in [9.17, 15) is 14.7 Å². The Hall–Kier alpha value is -2.12. The quantitative estimate of drug-likeness (QED) is 0.691. The van der Waals surface area contributed by atoms with Crippen LogP contribution in [-0.4, -0.2) is 29.4 Å². The number of halogens is 1. The number of hydrogen-bond acceptors (Lipinski definition) is 5. The first-order valence-corrected chi connectivity index (χ1v) is 9.01. The fourth-order valence-electron chi connectivity index (χ4n) is 2.44. The number of H-pyrrole nitrogens is 1. The number of aromatic nitrogens is 1. The number of amides is 1. The van der Waals surface area contributed by atoms with Gasteiger partial charge in [-0.15, -0.1) is 11.8 Å². The molecule has 0 aliphatic rings. The van der Waals surface area contributed by atoms with Gasteiger partial charge in [0.15, 0.2) is 11.5 Å². The topological polar surface area (TPSA) is 91.4 Å². The molecular formula is C17H19ClN2O4S. The third-order valence-corrected chi connectivity index (χ3v) is 4.87. The smallest absolute Gasteiger partial charge is 0.254 e. The number of carbonyl (C=O) groups is 1. The van der Waals surface area contributed by atoms with Gasteiger partial charge in [0.2, 0.25) is 0 Å². The number of aromatic amines is 1. The van der Waals surface area contributed by atoms with Crippen molar-refractivity contribution < 1.29 is 14.6 Å². The fraction of sp³-hybridized carbons (Fsp3) is 0.294. The molecule has 0 atom stereocenters.